The molecule has 27 heavy (non-hydrogen) atoms. The lowest BCUT2D eigenvalue weighted by molar-refractivity contribution is -0.143. The number of anilines is 1. The number of Topliss-reactive ketones (excluding diaryl/α,β-unsaturated/α-hetero) is 2. The van der Waals surface area contributed by atoms with Crippen molar-refractivity contribution < 1.29 is 38.9 Å². The molecule has 9 heteroatoms. The Bertz CT molecular complexity index is 773. The molecule has 1 aliphatic heterocycles. The summed E-state index contributed by atoms with van der Waals surface area (Å²) in [5, 5.41) is 22.3. The first-order valence-electron chi connectivity index (χ1n) is 8.39. The number of aliphatic hydroxyl groups excluding tert-OH is 1. The summed E-state index contributed by atoms with van der Waals surface area (Å²) in [7, 11) is 1.33. The highest BCUT2D eigenvalue weighted by atomic mass is 16.5. The van der Waals surface area contributed by atoms with Gasteiger partial charge in [0.05, 0.1) is 25.3 Å². The Morgan fingerprint density at radius 2 is 1.89 bits per heavy atom. The van der Waals surface area contributed by atoms with E-state index in [0.717, 1.165) is 0 Å². The first-order chi connectivity index (χ1) is 12.7. The summed E-state index contributed by atoms with van der Waals surface area (Å²) in [5.74, 6) is -4.13. The Labute approximate surface area is 155 Å². The van der Waals surface area contributed by atoms with Crippen molar-refractivity contribution >= 4 is 29.1 Å². The third kappa shape index (κ3) is 5.04. The Hall–Kier alpha value is -2.94. The average molecular weight is 379 g/mol. The van der Waals surface area contributed by atoms with Gasteiger partial charge < -0.3 is 25.0 Å². The lowest BCUT2D eigenvalue weighted by Crippen LogP contribution is -2.32. The smallest absolute Gasteiger partial charge is 0.344 e. The molecule has 1 unspecified atom stereocenters. The molecule has 0 saturated heterocycles. The van der Waals surface area contributed by atoms with Crippen molar-refractivity contribution in [3.63, 3.8) is 0 Å². The van der Waals surface area contributed by atoms with Crippen molar-refractivity contribution in [2.24, 2.45) is 0 Å². The number of methoxy groups -OCH3 is 1. The van der Waals surface area contributed by atoms with Crippen LogP contribution < -0.4 is 10.1 Å². The number of amides is 1. The molecule has 1 heterocycles. The van der Waals surface area contributed by atoms with Gasteiger partial charge in [-0.05, 0) is 26.2 Å². The average Bonchev–Trinajstić information content (AvgIpc) is 2.59. The van der Waals surface area contributed by atoms with E-state index in [4.69, 9.17) is 9.47 Å². The van der Waals surface area contributed by atoms with E-state index in [1.807, 2.05) is 0 Å². The molecule has 3 N–H and O–H groups in total. The standard InChI is InChI=1S/C18H21NO8/c1-9-4-3-5-12(20)17(24)14(22)8-15(23)19-11-6-10(26-2)7-13(21)16(11)18(25)27-9/h6-7,9,12,20-21H,3-5,8H2,1-2H3,(H,19,23)/t9-,12?/m0/s1. The molecule has 0 fully saturated rings. The summed E-state index contributed by atoms with van der Waals surface area (Å²) in [5.41, 5.74) is -0.404. The molecule has 0 saturated carbocycles. The van der Waals surface area contributed by atoms with Crippen LogP contribution in [-0.4, -0.2) is 53.0 Å². The number of aliphatic hydroxyl groups is 1. The lowest BCUT2D eigenvalue weighted by Gasteiger charge is -2.18. The predicted octanol–water partition coefficient (Wildman–Crippen LogP) is 0.958. The van der Waals surface area contributed by atoms with Crippen LogP contribution in [0.4, 0.5) is 5.69 Å². The van der Waals surface area contributed by atoms with E-state index in [0.29, 0.717) is 12.8 Å². The molecule has 0 radical (unpaired) electrons. The molecular weight excluding hydrogens is 358 g/mol. The topological polar surface area (TPSA) is 139 Å². The van der Waals surface area contributed by atoms with E-state index < -0.39 is 47.8 Å². The third-order valence-electron chi connectivity index (χ3n) is 4.10. The number of esters is 1. The van der Waals surface area contributed by atoms with Gasteiger partial charge in [0, 0.05) is 12.1 Å². The van der Waals surface area contributed by atoms with Crippen LogP contribution >= 0.6 is 0 Å². The first kappa shape index (κ1) is 20.4. The van der Waals surface area contributed by atoms with Gasteiger partial charge in [-0.2, -0.15) is 0 Å². The highest BCUT2D eigenvalue weighted by molar-refractivity contribution is 6.42. The van der Waals surface area contributed by atoms with Crippen molar-refractivity contribution in [1.82, 2.24) is 0 Å². The maximum Gasteiger partial charge on any atom is 0.344 e. The zero-order valence-electron chi connectivity index (χ0n) is 15.0. The number of carbonyl (C=O) groups is 4. The second kappa shape index (κ2) is 8.63. The van der Waals surface area contributed by atoms with E-state index in [2.05, 4.69) is 5.32 Å². The Kier molecular flexibility index (Phi) is 6.51. The molecule has 1 aromatic rings. The molecule has 0 aromatic heterocycles. The van der Waals surface area contributed by atoms with Gasteiger partial charge in [0.25, 0.3) is 0 Å². The van der Waals surface area contributed by atoms with Gasteiger partial charge >= 0.3 is 5.97 Å². The number of hydrogen-bond donors (Lipinski definition) is 3. The Balaban J connectivity index is 2.42. The minimum atomic E-state index is -1.51. The summed E-state index contributed by atoms with van der Waals surface area (Å²) < 4.78 is 10.3. The summed E-state index contributed by atoms with van der Waals surface area (Å²) in [6.45, 7) is 1.61. The molecule has 0 spiro atoms. The normalized spacial score (nSPS) is 22.3. The second-order valence-electron chi connectivity index (χ2n) is 6.24. The molecule has 0 bridgehead atoms. The monoisotopic (exact) mass is 379 g/mol. The fraction of sp³-hybridized carbons (Fsp3) is 0.444. The highest BCUT2D eigenvalue weighted by Crippen LogP contribution is 2.33. The van der Waals surface area contributed by atoms with Crippen LogP contribution in [-0.2, 0) is 19.1 Å². The second-order valence-corrected chi connectivity index (χ2v) is 6.24. The molecular formula is C18H21NO8. The maximum absolute atomic E-state index is 12.4. The molecule has 2 atom stereocenters. The minimum absolute atomic E-state index is 0.00706. The van der Waals surface area contributed by atoms with Crippen molar-refractivity contribution in [1.29, 1.82) is 0 Å². The molecule has 146 valence electrons. The number of rotatable bonds is 1. The SMILES string of the molecule is COc1cc(O)c2c(c1)NC(=O)CC(=O)C(=O)C(O)CCC[C@H](C)OC2=O. The van der Waals surface area contributed by atoms with Crippen LogP contribution in [0, 0.1) is 0 Å². The molecule has 2 rings (SSSR count). The zero-order chi connectivity index (χ0) is 20.1. The number of benzene rings is 1. The molecule has 1 amide bonds. The van der Waals surface area contributed by atoms with E-state index in [1.165, 1.54) is 19.2 Å². The molecule has 0 aliphatic carbocycles. The third-order valence-corrected chi connectivity index (χ3v) is 4.10. The first-order valence-corrected chi connectivity index (χ1v) is 8.39. The van der Waals surface area contributed by atoms with Crippen LogP contribution in [0.1, 0.15) is 43.0 Å². The van der Waals surface area contributed by atoms with E-state index in [1.54, 1.807) is 6.92 Å². The fourth-order valence-corrected chi connectivity index (χ4v) is 2.68. The fourth-order valence-electron chi connectivity index (χ4n) is 2.68. The van der Waals surface area contributed by atoms with E-state index in [9.17, 15) is 29.4 Å². The van der Waals surface area contributed by atoms with Crippen LogP contribution in [0.5, 0.6) is 11.5 Å². The Morgan fingerprint density at radius 3 is 2.56 bits per heavy atom. The number of ether oxygens (including phenoxy) is 2. The van der Waals surface area contributed by atoms with Crippen molar-refractivity contribution in [2.75, 3.05) is 12.4 Å². The van der Waals surface area contributed by atoms with Crippen molar-refractivity contribution in [2.45, 2.75) is 44.8 Å². The van der Waals surface area contributed by atoms with Crippen LogP contribution in [0.2, 0.25) is 0 Å². The molecule has 1 aromatic carbocycles. The van der Waals surface area contributed by atoms with Crippen LogP contribution in [0.3, 0.4) is 0 Å². The molecule has 9 nitrogen and oxygen atoms in total. The van der Waals surface area contributed by atoms with Gasteiger partial charge in [-0.25, -0.2) is 4.79 Å². The number of phenols is 1. The summed E-state index contributed by atoms with van der Waals surface area (Å²) >= 11 is 0. The molecule has 1 aliphatic rings. The lowest BCUT2D eigenvalue weighted by atomic mass is 10.0. The number of carbonyl (C=O) groups excluding carboxylic acids is 4. The number of nitrogens with one attached hydrogen (secondary N) is 1. The number of hydrogen-bond acceptors (Lipinski definition) is 8. The largest absolute Gasteiger partial charge is 0.507 e. The van der Waals surface area contributed by atoms with Gasteiger partial charge in [-0.1, -0.05) is 0 Å². The summed E-state index contributed by atoms with van der Waals surface area (Å²) in [4.78, 5) is 48.3. The highest BCUT2D eigenvalue weighted by Gasteiger charge is 2.28. The van der Waals surface area contributed by atoms with Gasteiger partial charge in [-0.3, -0.25) is 14.4 Å². The number of aromatic hydroxyl groups is 1. The van der Waals surface area contributed by atoms with Gasteiger partial charge in [0.1, 0.15) is 23.2 Å². The summed E-state index contributed by atoms with van der Waals surface area (Å²) in [6, 6.07) is 2.47. The van der Waals surface area contributed by atoms with E-state index >= 15 is 0 Å². The van der Waals surface area contributed by atoms with Gasteiger partial charge in [0.2, 0.25) is 17.5 Å². The minimum Gasteiger partial charge on any atom is -0.507 e. The van der Waals surface area contributed by atoms with Crippen molar-refractivity contribution in [3.8, 4) is 11.5 Å². The van der Waals surface area contributed by atoms with E-state index in [-0.39, 0.29) is 23.4 Å². The van der Waals surface area contributed by atoms with Gasteiger partial charge in [0.15, 0.2) is 0 Å². The number of phenolic OH excluding ortho intramolecular Hbond substituents is 1. The summed E-state index contributed by atoms with van der Waals surface area (Å²) in [6.07, 6.45) is -2.23. The zero-order valence-corrected chi connectivity index (χ0v) is 15.0. The number of ketones is 2. The van der Waals surface area contributed by atoms with Crippen LogP contribution in [0.25, 0.3) is 0 Å². The van der Waals surface area contributed by atoms with Gasteiger partial charge in [-0.15, -0.1) is 0 Å². The number of cyclic esters (lactones) is 1. The van der Waals surface area contributed by atoms with Crippen LogP contribution in [0.15, 0.2) is 12.1 Å². The Morgan fingerprint density at radius 1 is 1.19 bits per heavy atom. The predicted molar refractivity (Wildman–Crippen MR) is 92.7 cm³/mol. The maximum atomic E-state index is 12.4. The quantitative estimate of drug-likeness (QED) is 0.372. The van der Waals surface area contributed by atoms with Crippen molar-refractivity contribution in [3.05, 3.63) is 17.7 Å². The number of fused-ring (bicyclic) bond motifs is 1.